The lowest BCUT2D eigenvalue weighted by Gasteiger charge is -2.07. The predicted molar refractivity (Wildman–Crippen MR) is 81.4 cm³/mol. The van der Waals surface area contributed by atoms with Crippen molar-refractivity contribution in [1.29, 1.82) is 0 Å². The molecule has 0 bridgehead atoms. The number of amides is 1. The highest BCUT2D eigenvalue weighted by Crippen LogP contribution is 2.10. The van der Waals surface area contributed by atoms with Crippen molar-refractivity contribution < 1.29 is 4.79 Å². The standard InChI is InChI=1S/C17H20N2O/c18-17(20)16-11-5-4-9-15(16)10-6-12-19-13-14-7-2-1-3-8-14/h1-5,7-9,11,19H,6,10,12-13H2,(H2,18,20). The SMILES string of the molecule is NC(=O)c1ccccc1CCCNCc1ccccc1. The Morgan fingerprint density at radius 2 is 1.70 bits per heavy atom. The number of rotatable bonds is 7. The molecule has 3 heteroatoms. The van der Waals surface area contributed by atoms with Gasteiger partial charge in [-0.3, -0.25) is 4.79 Å². The van der Waals surface area contributed by atoms with Crippen molar-refractivity contribution in [2.75, 3.05) is 6.54 Å². The minimum Gasteiger partial charge on any atom is -0.366 e. The Morgan fingerprint density at radius 3 is 2.45 bits per heavy atom. The lowest BCUT2D eigenvalue weighted by atomic mass is 10.0. The van der Waals surface area contributed by atoms with E-state index in [1.807, 2.05) is 36.4 Å². The smallest absolute Gasteiger partial charge is 0.248 e. The molecule has 0 heterocycles. The van der Waals surface area contributed by atoms with Crippen LogP contribution in [0.25, 0.3) is 0 Å². The van der Waals surface area contributed by atoms with Gasteiger partial charge in [-0.25, -0.2) is 0 Å². The molecule has 0 aromatic heterocycles. The van der Waals surface area contributed by atoms with Crippen LogP contribution in [0.5, 0.6) is 0 Å². The number of aryl methyl sites for hydroxylation is 1. The van der Waals surface area contributed by atoms with Crippen molar-refractivity contribution >= 4 is 5.91 Å². The lowest BCUT2D eigenvalue weighted by Crippen LogP contribution is -2.17. The highest BCUT2D eigenvalue weighted by atomic mass is 16.1. The quantitative estimate of drug-likeness (QED) is 0.758. The van der Waals surface area contributed by atoms with Gasteiger partial charge in [0, 0.05) is 12.1 Å². The van der Waals surface area contributed by atoms with Gasteiger partial charge in [-0.15, -0.1) is 0 Å². The third-order valence-corrected chi connectivity index (χ3v) is 3.25. The molecule has 1 amide bonds. The second kappa shape index (κ2) is 7.46. The van der Waals surface area contributed by atoms with Crippen LogP contribution in [0.1, 0.15) is 27.9 Å². The molecule has 2 aromatic rings. The van der Waals surface area contributed by atoms with E-state index in [2.05, 4.69) is 17.4 Å². The van der Waals surface area contributed by atoms with Gasteiger partial charge in [-0.1, -0.05) is 48.5 Å². The van der Waals surface area contributed by atoms with Crippen LogP contribution >= 0.6 is 0 Å². The molecule has 0 spiro atoms. The maximum Gasteiger partial charge on any atom is 0.248 e. The second-order valence-corrected chi connectivity index (χ2v) is 4.79. The Bertz CT molecular complexity index is 552. The topological polar surface area (TPSA) is 55.1 Å². The molecule has 0 aliphatic rings. The van der Waals surface area contributed by atoms with Crippen LogP contribution in [0.15, 0.2) is 54.6 Å². The van der Waals surface area contributed by atoms with E-state index in [1.165, 1.54) is 5.56 Å². The van der Waals surface area contributed by atoms with Crippen molar-refractivity contribution in [1.82, 2.24) is 5.32 Å². The zero-order valence-electron chi connectivity index (χ0n) is 11.5. The van der Waals surface area contributed by atoms with E-state index < -0.39 is 0 Å². The number of hydrogen-bond donors (Lipinski definition) is 2. The molecule has 3 N–H and O–H groups in total. The molecule has 0 aliphatic carbocycles. The summed E-state index contributed by atoms with van der Waals surface area (Å²) in [5.41, 5.74) is 8.31. The Balaban J connectivity index is 1.75. The van der Waals surface area contributed by atoms with Gasteiger partial charge in [-0.05, 0) is 36.6 Å². The van der Waals surface area contributed by atoms with E-state index in [0.29, 0.717) is 5.56 Å². The third kappa shape index (κ3) is 4.21. The maximum absolute atomic E-state index is 11.3. The lowest BCUT2D eigenvalue weighted by molar-refractivity contribution is 0.0999. The zero-order valence-corrected chi connectivity index (χ0v) is 11.5. The minimum absolute atomic E-state index is 0.349. The highest BCUT2D eigenvalue weighted by molar-refractivity contribution is 5.94. The van der Waals surface area contributed by atoms with E-state index >= 15 is 0 Å². The molecule has 0 aliphatic heterocycles. The Kier molecular flexibility index (Phi) is 5.33. The molecule has 2 rings (SSSR count). The summed E-state index contributed by atoms with van der Waals surface area (Å²) in [5.74, 6) is -0.349. The number of nitrogens with two attached hydrogens (primary N) is 1. The van der Waals surface area contributed by atoms with E-state index in [4.69, 9.17) is 5.73 Å². The van der Waals surface area contributed by atoms with Gasteiger partial charge >= 0.3 is 0 Å². The van der Waals surface area contributed by atoms with E-state index in [1.54, 1.807) is 6.07 Å². The summed E-state index contributed by atoms with van der Waals surface area (Å²) < 4.78 is 0. The van der Waals surface area contributed by atoms with Crippen LogP contribution in [0.2, 0.25) is 0 Å². The summed E-state index contributed by atoms with van der Waals surface area (Å²) in [6.07, 6.45) is 1.85. The number of carbonyl (C=O) groups excluding carboxylic acids is 1. The first-order chi connectivity index (χ1) is 9.77. The molecule has 20 heavy (non-hydrogen) atoms. The van der Waals surface area contributed by atoms with Gasteiger partial charge in [0.05, 0.1) is 0 Å². The molecule has 0 unspecified atom stereocenters. The normalized spacial score (nSPS) is 10.4. The molecule has 0 atom stereocenters. The van der Waals surface area contributed by atoms with Gasteiger partial charge in [-0.2, -0.15) is 0 Å². The highest BCUT2D eigenvalue weighted by Gasteiger charge is 2.06. The number of benzene rings is 2. The van der Waals surface area contributed by atoms with Crippen molar-refractivity contribution in [2.45, 2.75) is 19.4 Å². The van der Waals surface area contributed by atoms with Crippen LogP contribution < -0.4 is 11.1 Å². The van der Waals surface area contributed by atoms with Crippen LogP contribution in [-0.4, -0.2) is 12.5 Å². The largest absolute Gasteiger partial charge is 0.366 e. The molecule has 0 radical (unpaired) electrons. The van der Waals surface area contributed by atoms with Gasteiger partial charge in [0.1, 0.15) is 0 Å². The van der Waals surface area contributed by atoms with Crippen molar-refractivity contribution in [3.05, 3.63) is 71.3 Å². The average Bonchev–Trinajstić information content (AvgIpc) is 2.48. The van der Waals surface area contributed by atoms with Crippen LogP contribution in [-0.2, 0) is 13.0 Å². The van der Waals surface area contributed by atoms with E-state index in [9.17, 15) is 4.79 Å². The molecule has 0 saturated carbocycles. The summed E-state index contributed by atoms with van der Waals surface area (Å²) in [4.78, 5) is 11.3. The monoisotopic (exact) mass is 268 g/mol. The fourth-order valence-electron chi connectivity index (χ4n) is 2.21. The van der Waals surface area contributed by atoms with Crippen molar-refractivity contribution in [2.24, 2.45) is 5.73 Å². The Morgan fingerprint density at radius 1 is 1.00 bits per heavy atom. The minimum atomic E-state index is -0.349. The van der Waals surface area contributed by atoms with E-state index in [0.717, 1.165) is 31.5 Å². The molecule has 2 aromatic carbocycles. The second-order valence-electron chi connectivity index (χ2n) is 4.79. The first-order valence-electron chi connectivity index (χ1n) is 6.90. The number of carbonyl (C=O) groups is 1. The molecular formula is C17H20N2O. The molecular weight excluding hydrogens is 248 g/mol. The van der Waals surface area contributed by atoms with Crippen LogP contribution in [0.3, 0.4) is 0 Å². The van der Waals surface area contributed by atoms with Crippen molar-refractivity contribution in [3.8, 4) is 0 Å². The molecule has 3 nitrogen and oxygen atoms in total. The molecule has 0 fully saturated rings. The zero-order chi connectivity index (χ0) is 14.2. The van der Waals surface area contributed by atoms with E-state index in [-0.39, 0.29) is 5.91 Å². The number of hydrogen-bond acceptors (Lipinski definition) is 2. The maximum atomic E-state index is 11.3. The molecule has 104 valence electrons. The Labute approximate surface area is 119 Å². The fraction of sp³-hybridized carbons (Fsp3) is 0.235. The summed E-state index contributed by atoms with van der Waals surface area (Å²) >= 11 is 0. The van der Waals surface area contributed by atoms with Crippen molar-refractivity contribution in [3.63, 3.8) is 0 Å². The van der Waals surface area contributed by atoms with Gasteiger partial charge in [0.25, 0.3) is 0 Å². The van der Waals surface area contributed by atoms with Crippen LogP contribution in [0.4, 0.5) is 0 Å². The van der Waals surface area contributed by atoms with Crippen LogP contribution in [0, 0.1) is 0 Å². The number of primary amides is 1. The predicted octanol–water partition coefficient (Wildman–Crippen LogP) is 2.51. The Hall–Kier alpha value is -2.13. The van der Waals surface area contributed by atoms with Gasteiger partial charge in [0.2, 0.25) is 5.91 Å². The third-order valence-electron chi connectivity index (χ3n) is 3.25. The van der Waals surface area contributed by atoms with Gasteiger partial charge in [0.15, 0.2) is 0 Å². The summed E-state index contributed by atoms with van der Waals surface area (Å²) in [7, 11) is 0. The number of nitrogens with one attached hydrogen (secondary N) is 1. The summed E-state index contributed by atoms with van der Waals surface area (Å²) in [6, 6.07) is 17.9. The molecule has 0 saturated heterocycles. The fourth-order valence-corrected chi connectivity index (χ4v) is 2.21. The summed E-state index contributed by atoms with van der Waals surface area (Å²) in [5, 5.41) is 3.40. The first kappa shape index (κ1) is 14.3. The average molecular weight is 268 g/mol. The van der Waals surface area contributed by atoms with Gasteiger partial charge < -0.3 is 11.1 Å². The summed E-state index contributed by atoms with van der Waals surface area (Å²) in [6.45, 7) is 1.79. The first-order valence-corrected chi connectivity index (χ1v) is 6.90.